The van der Waals surface area contributed by atoms with Crippen molar-refractivity contribution in [2.24, 2.45) is 0 Å². The Labute approximate surface area is 129 Å². The molecule has 0 amide bonds. The normalized spacial score (nSPS) is 16.9. The van der Waals surface area contributed by atoms with Crippen LogP contribution in [0.5, 0.6) is 0 Å². The van der Waals surface area contributed by atoms with Gasteiger partial charge in [-0.05, 0) is 40.0 Å². The highest BCUT2D eigenvalue weighted by atomic mass is 32.2. The molecule has 1 rings (SSSR count). The number of sulfonamides is 1. The quantitative estimate of drug-likeness (QED) is 0.802. The maximum absolute atomic E-state index is 11.6. The number of rotatable bonds is 8. The van der Waals surface area contributed by atoms with Gasteiger partial charge in [0, 0.05) is 29.9 Å². The van der Waals surface area contributed by atoms with E-state index < -0.39 is 15.6 Å². The number of hydrogen-bond acceptors (Lipinski definition) is 3. The molecule has 0 saturated heterocycles. The molecule has 5 nitrogen and oxygen atoms in total. The molecule has 21 heavy (non-hydrogen) atoms. The molecule has 1 aromatic heterocycles. The van der Waals surface area contributed by atoms with Gasteiger partial charge in [0.2, 0.25) is 10.0 Å². The second-order valence-corrected chi connectivity index (χ2v) is 8.13. The van der Waals surface area contributed by atoms with Gasteiger partial charge >= 0.3 is 0 Å². The zero-order valence-electron chi connectivity index (χ0n) is 14.0. The van der Waals surface area contributed by atoms with Gasteiger partial charge in [-0.15, -0.1) is 0 Å². The van der Waals surface area contributed by atoms with Crippen LogP contribution in [0.2, 0.25) is 0 Å². The topological polar surface area (TPSA) is 64.0 Å². The maximum Gasteiger partial charge on any atom is 0.209 e. The largest absolute Gasteiger partial charge is 0.332 e. The summed E-state index contributed by atoms with van der Waals surface area (Å²) in [5, 5.41) is 0. The fourth-order valence-electron chi connectivity index (χ4n) is 2.75. The molecule has 1 aromatic rings. The van der Waals surface area contributed by atoms with Crippen molar-refractivity contribution in [1.82, 2.24) is 14.3 Å². The summed E-state index contributed by atoms with van der Waals surface area (Å²) in [6.45, 7) is 10.4. The Morgan fingerprint density at radius 1 is 1.38 bits per heavy atom. The lowest BCUT2D eigenvalue weighted by Crippen LogP contribution is -2.46. The molecule has 0 spiro atoms. The van der Waals surface area contributed by atoms with Gasteiger partial charge in [0.25, 0.3) is 0 Å². The molecule has 0 radical (unpaired) electrons. The highest BCUT2D eigenvalue weighted by Crippen LogP contribution is 2.31. The lowest BCUT2D eigenvalue weighted by atomic mass is 9.85. The molecule has 0 aromatic carbocycles. The first-order valence-corrected chi connectivity index (χ1v) is 9.52. The van der Waals surface area contributed by atoms with Crippen molar-refractivity contribution in [1.29, 1.82) is 0 Å². The summed E-state index contributed by atoms with van der Waals surface area (Å²) in [5.74, 6) is 1.28. The molecule has 2 unspecified atom stereocenters. The van der Waals surface area contributed by atoms with Crippen LogP contribution in [-0.2, 0) is 10.0 Å². The van der Waals surface area contributed by atoms with E-state index in [1.165, 1.54) is 6.26 Å². The summed E-state index contributed by atoms with van der Waals surface area (Å²) in [7, 11) is -3.22. The predicted octanol–water partition coefficient (Wildman–Crippen LogP) is 3.07. The SMILES string of the molecule is CCC(CC(C)(CC)NS(C)(=O)=O)c1nccn1C(C)C. The molecule has 1 N–H and O–H groups in total. The predicted molar refractivity (Wildman–Crippen MR) is 86.9 cm³/mol. The summed E-state index contributed by atoms with van der Waals surface area (Å²) in [4.78, 5) is 4.51. The number of hydrogen-bond donors (Lipinski definition) is 1. The van der Waals surface area contributed by atoms with Crippen molar-refractivity contribution >= 4 is 10.0 Å². The Morgan fingerprint density at radius 2 is 2.00 bits per heavy atom. The van der Waals surface area contributed by atoms with Crippen LogP contribution in [0.3, 0.4) is 0 Å². The first-order chi connectivity index (χ1) is 9.62. The van der Waals surface area contributed by atoms with E-state index in [0.29, 0.717) is 6.04 Å². The van der Waals surface area contributed by atoms with Crippen LogP contribution in [0.4, 0.5) is 0 Å². The highest BCUT2D eigenvalue weighted by molar-refractivity contribution is 7.88. The summed E-state index contributed by atoms with van der Waals surface area (Å²) >= 11 is 0. The molecular formula is C15H29N3O2S. The molecule has 122 valence electrons. The van der Waals surface area contributed by atoms with Crippen molar-refractivity contribution in [3.8, 4) is 0 Å². The van der Waals surface area contributed by atoms with Gasteiger partial charge < -0.3 is 4.57 Å². The van der Waals surface area contributed by atoms with Crippen LogP contribution >= 0.6 is 0 Å². The van der Waals surface area contributed by atoms with Crippen LogP contribution in [0.25, 0.3) is 0 Å². The Kier molecular flexibility index (Phi) is 5.99. The number of imidazole rings is 1. The van der Waals surface area contributed by atoms with Crippen molar-refractivity contribution < 1.29 is 8.42 Å². The van der Waals surface area contributed by atoms with Gasteiger partial charge in [-0.2, -0.15) is 0 Å². The van der Waals surface area contributed by atoms with E-state index >= 15 is 0 Å². The monoisotopic (exact) mass is 315 g/mol. The maximum atomic E-state index is 11.6. The average molecular weight is 315 g/mol. The van der Waals surface area contributed by atoms with E-state index in [-0.39, 0.29) is 5.92 Å². The van der Waals surface area contributed by atoms with Crippen molar-refractivity contribution in [3.05, 3.63) is 18.2 Å². The lowest BCUT2D eigenvalue weighted by Gasteiger charge is -2.32. The van der Waals surface area contributed by atoms with Gasteiger partial charge in [0.05, 0.1) is 6.26 Å². The lowest BCUT2D eigenvalue weighted by molar-refractivity contribution is 0.327. The van der Waals surface area contributed by atoms with E-state index in [2.05, 4.69) is 35.0 Å². The van der Waals surface area contributed by atoms with Crippen LogP contribution in [-0.4, -0.2) is 29.8 Å². The first kappa shape index (κ1) is 18.2. The summed E-state index contributed by atoms with van der Waals surface area (Å²) in [6, 6.07) is 0.354. The molecule has 2 atom stereocenters. The first-order valence-electron chi connectivity index (χ1n) is 7.63. The molecule has 6 heteroatoms. The second kappa shape index (κ2) is 6.92. The minimum absolute atomic E-state index is 0.238. The van der Waals surface area contributed by atoms with Gasteiger partial charge in [0.15, 0.2) is 0 Å². The Bertz CT molecular complexity index is 551. The minimum Gasteiger partial charge on any atom is -0.332 e. The second-order valence-electron chi connectivity index (χ2n) is 6.38. The molecule has 0 aliphatic rings. The third-order valence-electron chi connectivity index (χ3n) is 4.02. The minimum atomic E-state index is -3.22. The molecule has 0 fully saturated rings. The van der Waals surface area contributed by atoms with Gasteiger partial charge in [-0.3, -0.25) is 0 Å². The smallest absolute Gasteiger partial charge is 0.209 e. The molecule has 0 bridgehead atoms. The van der Waals surface area contributed by atoms with Crippen LogP contribution < -0.4 is 4.72 Å². The zero-order chi connectivity index (χ0) is 16.3. The highest BCUT2D eigenvalue weighted by Gasteiger charge is 2.31. The van der Waals surface area contributed by atoms with E-state index in [4.69, 9.17) is 0 Å². The van der Waals surface area contributed by atoms with Crippen molar-refractivity contribution in [3.63, 3.8) is 0 Å². The van der Waals surface area contributed by atoms with Crippen molar-refractivity contribution in [2.75, 3.05) is 6.26 Å². The molecule has 1 heterocycles. The van der Waals surface area contributed by atoms with Crippen molar-refractivity contribution in [2.45, 2.75) is 71.4 Å². The van der Waals surface area contributed by atoms with Gasteiger partial charge in [0.1, 0.15) is 5.82 Å². The Morgan fingerprint density at radius 3 is 2.43 bits per heavy atom. The third-order valence-corrected chi connectivity index (χ3v) is 4.89. The Balaban J connectivity index is 3.02. The van der Waals surface area contributed by atoms with E-state index in [1.807, 2.05) is 26.2 Å². The summed E-state index contributed by atoms with van der Waals surface area (Å²) in [5.41, 5.74) is -0.442. The molecule has 0 aliphatic carbocycles. The zero-order valence-corrected chi connectivity index (χ0v) is 14.9. The van der Waals surface area contributed by atoms with Crippen LogP contribution in [0.15, 0.2) is 12.4 Å². The average Bonchev–Trinajstić information content (AvgIpc) is 2.83. The summed E-state index contributed by atoms with van der Waals surface area (Å²) in [6.07, 6.45) is 7.47. The number of nitrogens with one attached hydrogen (secondary N) is 1. The summed E-state index contributed by atoms with van der Waals surface area (Å²) < 4.78 is 28.2. The fourth-order valence-corrected chi connectivity index (χ4v) is 3.87. The number of nitrogens with zero attached hydrogens (tertiary/aromatic N) is 2. The molecular weight excluding hydrogens is 286 g/mol. The molecule has 0 saturated carbocycles. The number of aromatic nitrogens is 2. The van der Waals surface area contributed by atoms with E-state index in [0.717, 1.165) is 25.1 Å². The molecule has 0 aliphatic heterocycles. The third kappa shape index (κ3) is 5.11. The van der Waals surface area contributed by atoms with Crippen LogP contribution in [0, 0.1) is 0 Å². The van der Waals surface area contributed by atoms with E-state index in [9.17, 15) is 8.42 Å². The Hall–Kier alpha value is -0.880. The van der Waals surface area contributed by atoms with Gasteiger partial charge in [-0.25, -0.2) is 18.1 Å². The van der Waals surface area contributed by atoms with E-state index in [1.54, 1.807) is 0 Å². The standard InChI is InChI=1S/C15H29N3O2S/c1-7-13(14-16-9-10-18(14)12(3)4)11-15(5,8-2)17-21(6,19)20/h9-10,12-13,17H,7-8,11H2,1-6H3. The fraction of sp³-hybridized carbons (Fsp3) is 0.800. The van der Waals surface area contributed by atoms with Gasteiger partial charge in [-0.1, -0.05) is 13.8 Å². The van der Waals surface area contributed by atoms with Crippen LogP contribution in [0.1, 0.15) is 71.7 Å².